The van der Waals surface area contributed by atoms with E-state index >= 15 is 0 Å². The van der Waals surface area contributed by atoms with Crippen LogP contribution in [0.5, 0.6) is 0 Å². The average Bonchev–Trinajstić information content (AvgIpc) is 2.38. The molecule has 1 aliphatic heterocycles. The van der Waals surface area contributed by atoms with E-state index in [2.05, 4.69) is 29.0 Å². The molecule has 4 nitrogen and oxygen atoms in total. The van der Waals surface area contributed by atoms with Gasteiger partial charge in [-0.2, -0.15) is 0 Å². The predicted octanol–water partition coefficient (Wildman–Crippen LogP) is 1.60. The van der Waals surface area contributed by atoms with Gasteiger partial charge in [-0.15, -0.1) is 0 Å². The minimum Gasteiger partial charge on any atom is -0.379 e. The maximum atomic E-state index is 5.45. The molecule has 0 aliphatic carbocycles. The van der Waals surface area contributed by atoms with Gasteiger partial charge in [0.05, 0.1) is 13.2 Å². The Hall–Kier alpha value is -1.13. The summed E-state index contributed by atoms with van der Waals surface area (Å²) in [6.07, 6.45) is 1.81. The molecule has 94 valence electrons. The number of anilines is 1. The van der Waals surface area contributed by atoms with Crippen LogP contribution in [0.2, 0.25) is 0 Å². The molecular formula is C13H21N3O. The van der Waals surface area contributed by atoms with Gasteiger partial charge in [0, 0.05) is 31.4 Å². The van der Waals surface area contributed by atoms with Gasteiger partial charge in [-0.3, -0.25) is 4.90 Å². The predicted molar refractivity (Wildman–Crippen MR) is 69.2 cm³/mol. The highest BCUT2D eigenvalue weighted by atomic mass is 16.5. The lowest BCUT2D eigenvalue weighted by molar-refractivity contribution is -0.0159. The second-order valence-corrected chi connectivity index (χ2v) is 4.61. The molecule has 2 unspecified atom stereocenters. The Kier molecular flexibility index (Phi) is 4.34. The monoisotopic (exact) mass is 235 g/mol. The summed E-state index contributed by atoms with van der Waals surface area (Å²) in [7, 11) is 0. The van der Waals surface area contributed by atoms with Gasteiger partial charge in [-0.05, 0) is 26.0 Å². The number of rotatable bonds is 4. The molecule has 2 heterocycles. The number of nitrogens with zero attached hydrogens (tertiary/aromatic N) is 2. The topological polar surface area (TPSA) is 37.4 Å². The van der Waals surface area contributed by atoms with Gasteiger partial charge < -0.3 is 10.1 Å². The van der Waals surface area contributed by atoms with E-state index in [1.54, 1.807) is 0 Å². The van der Waals surface area contributed by atoms with Crippen molar-refractivity contribution >= 4 is 5.82 Å². The Balaban J connectivity index is 1.82. The quantitative estimate of drug-likeness (QED) is 0.860. The highest BCUT2D eigenvalue weighted by Gasteiger charge is 2.23. The van der Waals surface area contributed by atoms with Gasteiger partial charge in [0.15, 0.2) is 0 Å². The first kappa shape index (κ1) is 12.3. The first-order valence-corrected chi connectivity index (χ1v) is 6.26. The molecule has 4 heteroatoms. The van der Waals surface area contributed by atoms with Crippen LogP contribution in [-0.4, -0.2) is 48.3 Å². The Labute approximate surface area is 103 Å². The third kappa shape index (κ3) is 3.41. The number of morpholine rings is 1. The summed E-state index contributed by atoms with van der Waals surface area (Å²) in [6.45, 7) is 8.09. The van der Waals surface area contributed by atoms with Crippen LogP contribution in [-0.2, 0) is 4.74 Å². The lowest BCUT2D eigenvalue weighted by atomic mass is 10.2. The highest BCUT2D eigenvalue weighted by Crippen LogP contribution is 2.11. The highest BCUT2D eigenvalue weighted by molar-refractivity contribution is 5.33. The molecule has 0 radical (unpaired) electrons. The Bertz CT molecular complexity index is 331. The summed E-state index contributed by atoms with van der Waals surface area (Å²) >= 11 is 0. The average molecular weight is 235 g/mol. The Morgan fingerprint density at radius 2 is 2.47 bits per heavy atom. The molecule has 1 N–H and O–H groups in total. The first-order chi connectivity index (χ1) is 8.27. The fourth-order valence-electron chi connectivity index (χ4n) is 2.23. The number of hydrogen-bond acceptors (Lipinski definition) is 4. The lowest BCUT2D eigenvalue weighted by Gasteiger charge is -2.37. The van der Waals surface area contributed by atoms with Crippen molar-refractivity contribution in [3.05, 3.63) is 24.4 Å². The van der Waals surface area contributed by atoms with Gasteiger partial charge in [0.2, 0.25) is 0 Å². The van der Waals surface area contributed by atoms with Crippen LogP contribution < -0.4 is 5.32 Å². The van der Waals surface area contributed by atoms with Crippen molar-refractivity contribution in [2.45, 2.75) is 25.9 Å². The summed E-state index contributed by atoms with van der Waals surface area (Å²) in [6, 6.07) is 6.92. The van der Waals surface area contributed by atoms with Crippen LogP contribution in [0.25, 0.3) is 0 Å². The van der Waals surface area contributed by atoms with Crippen molar-refractivity contribution in [3.63, 3.8) is 0 Å². The fourth-order valence-corrected chi connectivity index (χ4v) is 2.23. The lowest BCUT2D eigenvalue weighted by Crippen LogP contribution is -2.50. The van der Waals surface area contributed by atoms with Crippen LogP contribution >= 0.6 is 0 Å². The van der Waals surface area contributed by atoms with Crippen molar-refractivity contribution in [1.82, 2.24) is 9.88 Å². The standard InChI is InChI=1S/C13H21N3O/c1-11(16-7-8-17-10-12(16)2)9-15-13-5-3-4-6-14-13/h3-6,11-12H,7-10H2,1-2H3,(H,14,15). The molecule has 1 aliphatic rings. The molecule has 0 bridgehead atoms. The number of nitrogens with one attached hydrogen (secondary N) is 1. The molecule has 1 aromatic heterocycles. The molecule has 1 aromatic rings. The van der Waals surface area contributed by atoms with Gasteiger partial charge in [-0.25, -0.2) is 4.98 Å². The van der Waals surface area contributed by atoms with Gasteiger partial charge in [-0.1, -0.05) is 6.07 Å². The zero-order valence-electron chi connectivity index (χ0n) is 10.6. The van der Waals surface area contributed by atoms with Crippen molar-refractivity contribution in [2.24, 2.45) is 0 Å². The Morgan fingerprint density at radius 3 is 3.18 bits per heavy atom. The Morgan fingerprint density at radius 1 is 1.59 bits per heavy atom. The molecule has 0 saturated carbocycles. The molecule has 0 aromatic carbocycles. The summed E-state index contributed by atoms with van der Waals surface area (Å²) in [4.78, 5) is 6.75. The first-order valence-electron chi connectivity index (χ1n) is 6.26. The van der Waals surface area contributed by atoms with Crippen molar-refractivity contribution in [1.29, 1.82) is 0 Å². The number of aromatic nitrogens is 1. The van der Waals surface area contributed by atoms with Crippen molar-refractivity contribution in [2.75, 3.05) is 31.6 Å². The third-order valence-electron chi connectivity index (χ3n) is 3.23. The number of pyridine rings is 1. The van der Waals surface area contributed by atoms with Gasteiger partial charge in [0.1, 0.15) is 5.82 Å². The molecule has 1 saturated heterocycles. The van der Waals surface area contributed by atoms with E-state index in [9.17, 15) is 0 Å². The normalized spacial score (nSPS) is 23.3. The summed E-state index contributed by atoms with van der Waals surface area (Å²) < 4.78 is 5.45. The minimum atomic E-state index is 0.496. The SMILES string of the molecule is CC(CNc1ccccn1)N1CCOCC1C. The van der Waals surface area contributed by atoms with Crippen LogP contribution in [0, 0.1) is 0 Å². The van der Waals surface area contributed by atoms with Crippen LogP contribution in [0.1, 0.15) is 13.8 Å². The second-order valence-electron chi connectivity index (χ2n) is 4.61. The smallest absolute Gasteiger partial charge is 0.125 e. The maximum Gasteiger partial charge on any atom is 0.125 e. The summed E-state index contributed by atoms with van der Waals surface area (Å²) in [5.41, 5.74) is 0. The van der Waals surface area contributed by atoms with E-state index in [-0.39, 0.29) is 0 Å². The van der Waals surface area contributed by atoms with Crippen molar-refractivity contribution < 1.29 is 4.74 Å². The molecule has 17 heavy (non-hydrogen) atoms. The van der Waals surface area contributed by atoms with Crippen LogP contribution in [0.15, 0.2) is 24.4 Å². The van der Waals surface area contributed by atoms with Crippen LogP contribution in [0.3, 0.4) is 0 Å². The zero-order valence-corrected chi connectivity index (χ0v) is 10.6. The zero-order chi connectivity index (χ0) is 12.1. The van der Waals surface area contributed by atoms with Gasteiger partial charge >= 0.3 is 0 Å². The summed E-state index contributed by atoms with van der Waals surface area (Å²) in [5, 5.41) is 3.37. The minimum absolute atomic E-state index is 0.496. The van der Waals surface area contributed by atoms with Crippen LogP contribution in [0.4, 0.5) is 5.82 Å². The molecule has 0 spiro atoms. The maximum absolute atomic E-state index is 5.45. The fraction of sp³-hybridized carbons (Fsp3) is 0.615. The number of hydrogen-bond donors (Lipinski definition) is 1. The molecule has 0 amide bonds. The van der Waals surface area contributed by atoms with E-state index in [0.29, 0.717) is 12.1 Å². The molecular weight excluding hydrogens is 214 g/mol. The number of ether oxygens (including phenoxy) is 1. The van der Waals surface area contributed by atoms with Gasteiger partial charge in [0.25, 0.3) is 0 Å². The third-order valence-corrected chi connectivity index (χ3v) is 3.23. The second kappa shape index (κ2) is 5.98. The molecule has 1 fully saturated rings. The molecule has 2 rings (SSSR count). The largest absolute Gasteiger partial charge is 0.379 e. The van der Waals surface area contributed by atoms with E-state index in [4.69, 9.17) is 4.74 Å². The van der Waals surface area contributed by atoms with E-state index in [1.165, 1.54) is 0 Å². The van der Waals surface area contributed by atoms with E-state index in [1.807, 2.05) is 24.4 Å². The van der Waals surface area contributed by atoms with E-state index < -0.39 is 0 Å². The van der Waals surface area contributed by atoms with Crippen molar-refractivity contribution in [3.8, 4) is 0 Å². The molecule has 2 atom stereocenters. The summed E-state index contributed by atoms with van der Waals surface area (Å²) in [5.74, 6) is 0.945. The van der Waals surface area contributed by atoms with E-state index in [0.717, 1.165) is 32.1 Å².